The molecule has 1 aromatic carbocycles. The zero-order valence-corrected chi connectivity index (χ0v) is 25.2. The standard InChI is InChI=1S/C26H32F3N3O8S2/c1-6-38-21-20(31-19(41-21)14-7-8-14)42(36,37)32-13-16(12-24(2,3)22(33)34)39-18-10-9-15(11-17(18)32)30-23(35)40-25(4,5)26(27,28)29/h9-11,14,16H,6-8,12-13H2,1-5H3,(H,30,35)(H,33,34). The Kier molecular flexibility index (Phi) is 8.36. The molecule has 1 aromatic heterocycles. The zero-order chi connectivity index (χ0) is 31.3. The van der Waals surface area contributed by atoms with Crippen LogP contribution in [0.3, 0.4) is 0 Å². The highest BCUT2D eigenvalue weighted by Gasteiger charge is 2.51. The Morgan fingerprint density at radius 1 is 1.21 bits per heavy atom. The van der Waals surface area contributed by atoms with Crippen LogP contribution < -0.4 is 19.1 Å². The fourth-order valence-electron chi connectivity index (χ4n) is 4.11. The van der Waals surface area contributed by atoms with Crippen LogP contribution in [0.1, 0.15) is 64.8 Å². The number of nitrogens with zero attached hydrogens (tertiary/aromatic N) is 2. The van der Waals surface area contributed by atoms with Gasteiger partial charge in [-0.25, -0.2) is 9.78 Å². The second-order valence-electron chi connectivity index (χ2n) is 11.2. The summed E-state index contributed by atoms with van der Waals surface area (Å²) in [6, 6.07) is 3.86. The maximum atomic E-state index is 14.2. The van der Waals surface area contributed by atoms with E-state index in [9.17, 15) is 36.3 Å². The van der Waals surface area contributed by atoms with Gasteiger partial charge in [0.1, 0.15) is 16.9 Å². The number of sulfonamides is 1. The second-order valence-corrected chi connectivity index (χ2v) is 14.0. The van der Waals surface area contributed by atoms with Crippen LogP contribution in [-0.4, -0.2) is 61.6 Å². The third kappa shape index (κ3) is 6.53. The third-order valence-electron chi connectivity index (χ3n) is 6.80. The Balaban J connectivity index is 1.73. The van der Waals surface area contributed by atoms with Crippen molar-refractivity contribution >= 4 is 44.8 Å². The van der Waals surface area contributed by atoms with Gasteiger partial charge in [-0.05, 0) is 65.7 Å². The summed E-state index contributed by atoms with van der Waals surface area (Å²) in [4.78, 5) is 28.5. The predicted octanol–water partition coefficient (Wildman–Crippen LogP) is 5.77. The Morgan fingerprint density at radius 3 is 2.45 bits per heavy atom. The van der Waals surface area contributed by atoms with Gasteiger partial charge in [-0.15, -0.1) is 0 Å². The Hall–Kier alpha value is -3.27. The van der Waals surface area contributed by atoms with Crippen molar-refractivity contribution in [2.24, 2.45) is 5.41 Å². The number of carbonyl (C=O) groups excluding carboxylic acids is 1. The molecule has 232 valence electrons. The van der Waals surface area contributed by atoms with Crippen LogP contribution in [-0.2, 0) is 19.6 Å². The van der Waals surface area contributed by atoms with E-state index in [0.29, 0.717) is 18.9 Å². The number of benzene rings is 1. The normalized spacial score (nSPS) is 17.7. The van der Waals surface area contributed by atoms with Crippen molar-refractivity contribution in [3.05, 3.63) is 23.2 Å². The van der Waals surface area contributed by atoms with E-state index in [1.807, 2.05) is 0 Å². The lowest BCUT2D eigenvalue weighted by atomic mass is 9.86. The SMILES string of the molecule is CCOc1sc(C2CC2)nc1S(=O)(=O)N1CC(CC(C)(C)C(=O)O)Oc2ccc(NC(=O)OC(C)(C)C(F)(F)F)cc21. The van der Waals surface area contributed by atoms with Gasteiger partial charge in [0.25, 0.3) is 10.0 Å². The molecule has 42 heavy (non-hydrogen) atoms. The van der Waals surface area contributed by atoms with Crippen LogP contribution in [0.5, 0.6) is 10.8 Å². The van der Waals surface area contributed by atoms with E-state index < -0.39 is 45.4 Å². The van der Waals surface area contributed by atoms with E-state index in [1.54, 1.807) is 6.92 Å². The molecule has 1 aliphatic carbocycles. The van der Waals surface area contributed by atoms with Gasteiger partial charge in [0.2, 0.25) is 15.7 Å². The van der Waals surface area contributed by atoms with Crippen molar-refractivity contribution in [2.75, 3.05) is 22.8 Å². The molecule has 11 nitrogen and oxygen atoms in total. The van der Waals surface area contributed by atoms with Crippen molar-refractivity contribution in [3.8, 4) is 10.8 Å². The van der Waals surface area contributed by atoms with Crippen molar-refractivity contribution in [1.29, 1.82) is 0 Å². The number of aliphatic carboxylic acids is 1. The molecule has 16 heteroatoms. The van der Waals surface area contributed by atoms with Crippen molar-refractivity contribution in [2.45, 2.75) is 82.7 Å². The number of ether oxygens (including phenoxy) is 3. The Bertz CT molecular complexity index is 1470. The van der Waals surface area contributed by atoms with Gasteiger partial charge < -0.3 is 19.3 Å². The third-order valence-corrected chi connectivity index (χ3v) is 9.76. The van der Waals surface area contributed by atoms with E-state index in [4.69, 9.17) is 9.47 Å². The van der Waals surface area contributed by atoms with Crippen molar-refractivity contribution in [3.63, 3.8) is 0 Å². The van der Waals surface area contributed by atoms with Crippen molar-refractivity contribution in [1.82, 2.24) is 4.98 Å². The topological polar surface area (TPSA) is 144 Å². The number of alkyl halides is 3. The van der Waals surface area contributed by atoms with Crippen molar-refractivity contribution < 1.29 is 50.5 Å². The molecule has 1 fully saturated rings. The first-order valence-corrected chi connectivity index (χ1v) is 15.4. The summed E-state index contributed by atoms with van der Waals surface area (Å²) in [6.45, 7) is 5.96. The molecule has 0 saturated heterocycles. The summed E-state index contributed by atoms with van der Waals surface area (Å²) in [5.41, 5.74) is -4.14. The number of anilines is 2. The highest BCUT2D eigenvalue weighted by Crippen LogP contribution is 2.48. The van der Waals surface area contributed by atoms with Crippen LogP contribution in [0.15, 0.2) is 23.2 Å². The highest BCUT2D eigenvalue weighted by atomic mass is 32.2. The molecular formula is C26H32F3N3O8S2. The monoisotopic (exact) mass is 635 g/mol. The minimum absolute atomic E-state index is 0.0318. The summed E-state index contributed by atoms with van der Waals surface area (Å²) in [5.74, 6) is -0.901. The quantitative estimate of drug-likeness (QED) is 0.333. The van der Waals surface area contributed by atoms with E-state index >= 15 is 0 Å². The van der Waals surface area contributed by atoms with Gasteiger partial charge in [0.15, 0.2) is 0 Å². The number of hydrogen-bond donors (Lipinski definition) is 2. The molecule has 2 aromatic rings. The second kappa shape index (κ2) is 11.1. The Morgan fingerprint density at radius 2 is 1.88 bits per heavy atom. The van der Waals surface area contributed by atoms with Gasteiger partial charge in [0.05, 0.1) is 24.3 Å². The first-order valence-electron chi connectivity index (χ1n) is 13.1. The van der Waals surface area contributed by atoms with Gasteiger partial charge in [-0.2, -0.15) is 21.6 Å². The van der Waals surface area contributed by atoms with Crippen LogP contribution in [0, 0.1) is 5.41 Å². The van der Waals surface area contributed by atoms with Crippen LogP contribution >= 0.6 is 11.3 Å². The lowest BCUT2D eigenvalue weighted by Crippen LogP contribution is -2.46. The van der Waals surface area contributed by atoms with Crippen LogP contribution in [0.2, 0.25) is 0 Å². The molecule has 0 spiro atoms. The molecular weight excluding hydrogens is 603 g/mol. The largest absolute Gasteiger partial charge is 0.486 e. The molecule has 4 rings (SSSR count). The number of aromatic nitrogens is 1. The van der Waals surface area contributed by atoms with E-state index in [0.717, 1.165) is 28.5 Å². The fraction of sp³-hybridized carbons (Fsp3) is 0.577. The lowest BCUT2D eigenvalue weighted by Gasteiger charge is -2.37. The van der Waals surface area contributed by atoms with Gasteiger partial charge in [-0.3, -0.25) is 14.4 Å². The number of amides is 1. The Labute approximate surface area is 245 Å². The molecule has 1 unspecified atom stereocenters. The lowest BCUT2D eigenvalue weighted by molar-refractivity contribution is -0.242. The highest BCUT2D eigenvalue weighted by molar-refractivity contribution is 7.93. The van der Waals surface area contributed by atoms with Crippen LogP contribution in [0.25, 0.3) is 0 Å². The van der Waals surface area contributed by atoms with Crippen LogP contribution in [0.4, 0.5) is 29.3 Å². The number of carbonyl (C=O) groups is 2. The minimum atomic E-state index is -4.83. The first-order chi connectivity index (χ1) is 19.4. The molecule has 1 aliphatic heterocycles. The van der Waals surface area contributed by atoms with E-state index in [1.165, 1.54) is 32.0 Å². The number of carboxylic acid groups (broad SMARTS) is 1. The maximum absolute atomic E-state index is 14.2. The molecule has 1 atom stereocenters. The number of carboxylic acids is 1. The number of thiazole rings is 1. The summed E-state index contributed by atoms with van der Waals surface area (Å²) >= 11 is 1.15. The van der Waals surface area contributed by atoms with Gasteiger partial charge >= 0.3 is 18.2 Å². The number of fused-ring (bicyclic) bond motifs is 1. The van der Waals surface area contributed by atoms with E-state index in [2.05, 4.69) is 15.0 Å². The summed E-state index contributed by atoms with van der Waals surface area (Å²) in [5, 5.41) is 12.3. The number of halogens is 3. The summed E-state index contributed by atoms with van der Waals surface area (Å²) in [6.07, 6.45) is -5.41. The molecule has 0 radical (unpaired) electrons. The molecule has 2 N–H and O–H groups in total. The van der Waals surface area contributed by atoms with Gasteiger partial charge in [0, 0.05) is 18.0 Å². The number of rotatable bonds is 10. The molecule has 1 amide bonds. The zero-order valence-electron chi connectivity index (χ0n) is 23.6. The summed E-state index contributed by atoms with van der Waals surface area (Å²) < 4.78 is 85.1. The fourth-order valence-corrected chi connectivity index (χ4v) is 7.11. The average Bonchev–Trinajstić information content (AvgIpc) is 3.62. The summed E-state index contributed by atoms with van der Waals surface area (Å²) in [7, 11) is -4.43. The molecule has 0 bridgehead atoms. The predicted molar refractivity (Wildman–Crippen MR) is 147 cm³/mol. The molecule has 2 heterocycles. The molecule has 1 saturated carbocycles. The number of hydrogen-bond acceptors (Lipinski definition) is 9. The maximum Gasteiger partial charge on any atom is 0.427 e. The first kappa shape index (κ1) is 31.7. The minimum Gasteiger partial charge on any atom is -0.486 e. The van der Waals surface area contributed by atoms with E-state index in [-0.39, 0.29) is 52.7 Å². The van der Waals surface area contributed by atoms with Gasteiger partial charge in [-0.1, -0.05) is 11.3 Å². The molecule has 2 aliphatic rings. The number of nitrogens with one attached hydrogen (secondary N) is 1. The average molecular weight is 636 g/mol. The smallest absolute Gasteiger partial charge is 0.427 e.